The van der Waals surface area contributed by atoms with Gasteiger partial charge in [-0.1, -0.05) is 12.1 Å². The predicted octanol–water partition coefficient (Wildman–Crippen LogP) is 1.85. The molecule has 1 heterocycles. The van der Waals surface area contributed by atoms with Crippen LogP contribution in [0.25, 0.3) is 11.3 Å². The fraction of sp³-hybridized carbons (Fsp3) is 0.100. The molecule has 0 aliphatic rings. The number of nitrogens with zero attached hydrogens (tertiary/aromatic N) is 1. The Morgan fingerprint density at radius 1 is 1.21 bits per heavy atom. The van der Waals surface area contributed by atoms with E-state index in [1.54, 1.807) is 11.3 Å². The zero-order valence-electron chi connectivity index (χ0n) is 7.60. The number of aromatic nitrogens is 1. The molecule has 0 amide bonds. The van der Waals surface area contributed by atoms with E-state index in [4.69, 9.17) is 11.5 Å². The van der Waals surface area contributed by atoms with Gasteiger partial charge in [-0.05, 0) is 12.1 Å². The molecule has 2 aromatic rings. The Balaban J connectivity index is 2.44. The van der Waals surface area contributed by atoms with Gasteiger partial charge < -0.3 is 11.5 Å². The van der Waals surface area contributed by atoms with Crippen molar-refractivity contribution in [2.24, 2.45) is 5.73 Å². The van der Waals surface area contributed by atoms with Crippen LogP contribution in [-0.2, 0) is 6.54 Å². The lowest BCUT2D eigenvalue weighted by atomic mass is 10.1. The van der Waals surface area contributed by atoms with Gasteiger partial charge in [-0.15, -0.1) is 11.3 Å². The molecular formula is C10H11N3S. The van der Waals surface area contributed by atoms with Gasteiger partial charge in [-0.3, -0.25) is 0 Å². The number of hydrogen-bond donors (Lipinski definition) is 2. The normalized spacial score (nSPS) is 10.4. The van der Waals surface area contributed by atoms with E-state index in [1.165, 1.54) is 0 Å². The average molecular weight is 205 g/mol. The minimum atomic E-state index is 0.532. The van der Waals surface area contributed by atoms with Gasteiger partial charge in [-0.25, -0.2) is 4.98 Å². The van der Waals surface area contributed by atoms with Gasteiger partial charge in [0.25, 0.3) is 0 Å². The summed E-state index contributed by atoms with van der Waals surface area (Å²) >= 11 is 1.58. The molecule has 2 rings (SSSR count). The Labute approximate surface area is 86.4 Å². The average Bonchev–Trinajstić information content (AvgIpc) is 2.67. The van der Waals surface area contributed by atoms with Crippen LogP contribution >= 0.6 is 11.3 Å². The summed E-state index contributed by atoms with van der Waals surface area (Å²) in [5.41, 5.74) is 15.8. The highest BCUT2D eigenvalue weighted by Crippen LogP contribution is 2.25. The molecule has 1 aromatic carbocycles. The third kappa shape index (κ3) is 1.62. The molecule has 72 valence electrons. The van der Waals surface area contributed by atoms with Crippen LogP contribution in [0.4, 0.5) is 5.69 Å². The van der Waals surface area contributed by atoms with Crippen LogP contribution in [0.3, 0.4) is 0 Å². The molecule has 0 bridgehead atoms. The van der Waals surface area contributed by atoms with Crippen LogP contribution < -0.4 is 11.5 Å². The molecule has 0 saturated heterocycles. The molecule has 4 N–H and O–H groups in total. The fourth-order valence-corrected chi connectivity index (χ4v) is 1.96. The number of thiazole rings is 1. The summed E-state index contributed by atoms with van der Waals surface area (Å²) in [6.07, 6.45) is 0. The summed E-state index contributed by atoms with van der Waals surface area (Å²) in [4.78, 5) is 5.39. The molecular weight excluding hydrogens is 194 g/mol. The molecule has 0 aliphatic heterocycles. The molecule has 3 nitrogen and oxygen atoms in total. The zero-order chi connectivity index (χ0) is 9.97. The van der Waals surface area contributed by atoms with E-state index in [9.17, 15) is 0 Å². The van der Waals surface area contributed by atoms with Crippen molar-refractivity contribution in [1.82, 2.24) is 4.98 Å². The molecule has 1 aromatic heterocycles. The fourth-order valence-electron chi connectivity index (χ4n) is 1.29. The van der Waals surface area contributed by atoms with Crippen molar-refractivity contribution in [3.63, 3.8) is 0 Å². The molecule has 0 saturated carbocycles. The van der Waals surface area contributed by atoms with Gasteiger partial charge >= 0.3 is 0 Å². The van der Waals surface area contributed by atoms with Crippen molar-refractivity contribution in [2.45, 2.75) is 6.54 Å². The first-order chi connectivity index (χ1) is 6.81. The van der Waals surface area contributed by atoms with Crippen molar-refractivity contribution in [3.05, 3.63) is 34.7 Å². The van der Waals surface area contributed by atoms with Gasteiger partial charge in [0.2, 0.25) is 0 Å². The Kier molecular flexibility index (Phi) is 2.47. The minimum absolute atomic E-state index is 0.532. The van der Waals surface area contributed by atoms with Gasteiger partial charge in [0.1, 0.15) is 0 Å². The number of nitrogens with two attached hydrogens (primary N) is 2. The Morgan fingerprint density at radius 3 is 2.57 bits per heavy atom. The summed E-state index contributed by atoms with van der Waals surface area (Å²) < 4.78 is 0. The lowest BCUT2D eigenvalue weighted by Gasteiger charge is -2.00. The predicted molar refractivity (Wildman–Crippen MR) is 59.9 cm³/mol. The van der Waals surface area contributed by atoms with E-state index >= 15 is 0 Å². The summed E-state index contributed by atoms with van der Waals surface area (Å²) in [7, 11) is 0. The van der Waals surface area contributed by atoms with Crippen LogP contribution in [0, 0.1) is 0 Å². The molecule has 0 radical (unpaired) electrons. The Bertz CT molecular complexity index is 419. The van der Waals surface area contributed by atoms with Crippen LogP contribution in [-0.4, -0.2) is 4.98 Å². The van der Waals surface area contributed by atoms with Gasteiger partial charge in [0, 0.05) is 22.7 Å². The SMILES string of the molecule is NCc1scnc1-c1ccc(N)cc1. The monoisotopic (exact) mass is 205 g/mol. The topological polar surface area (TPSA) is 64.9 Å². The third-order valence-electron chi connectivity index (χ3n) is 2.01. The highest BCUT2D eigenvalue weighted by atomic mass is 32.1. The Hall–Kier alpha value is -1.39. The number of rotatable bonds is 2. The van der Waals surface area contributed by atoms with Crippen molar-refractivity contribution in [1.29, 1.82) is 0 Å². The molecule has 0 aliphatic carbocycles. The largest absolute Gasteiger partial charge is 0.399 e. The Morgan fingerprint density at radius 2 is 1.93 bits per heavy atom. The third-order valence-corrected chi connectivity index (χ3v) is 2.87. The van der Waals surface area contributed by atoms with Crippen LogP contribution in [0.15, 0.2) is 29.8 Å². The van der Waals surface area contributed by atoms with Gasteiger partial charge in [-0.2, -0.15) is 0 Å². The summed E-state index contributed by atoms with van der Waals surface area (Å²) in [6.45, 7) is 0.532. The minimum Gasteiger partial charge on any atom is -0.399 e. The van der Waals surface area contributed by atoms with Crippen molar-refractivity contribution in [2.75, 3.05) is 5.73 Å². The van der Waals surface area contributed by atoms with E-state index in [2.05, 4.69) is 4.98 Å². The van der Waals surface area contributed by atoms with E-state index in [-0.39, 0.29) is 0 Å². The summed E-state index contributed by atoms with van der Waals surface area (Å²) in [5, 5.41) is 0. The lowest BCUT2D eigenvalue weighted by Crippen LogP contribution is -1.95. The number of nitrogen functional groups attached to an aromatic ring is 1. The molecule has 14 heavy (non-hydrogen) atoms. The second-order valence-electron chi connectivity index (χ2n) is 2.95. The van der Waals surface area contributed by atoms with Crippen molar-refractivity contribution in [3.8, 4) is 11.3 Å². The van der Waals surface area contributed by atoms with E-state index in [1.807, 2.05) is 29.8 Å². The molecule has 0 atom stereocenters. The van der Waals surface area contributed by atoms with Crippen molar-refractivity contribution >= 4 is 17.0 Å². The maximum Gasteiger partial charge on any atom is 0.0856 e. The summed E-state index contributed by atoms with van der Waals surface area (Å²) in [6, 6.07) is 7.66. The van der Waals surface area contributed by atoms with Crippen LogP contribution in [0.1, 0.15) is 4.88 Å². The second-order valence-corrected chi connectivity index (χ2v) is 3.89. The number of benzene rings is 1. The number of hydrogen-bond acceptors (Lipinski definition) is 4. The highest BCUT2D eigenvalue weighted by molar-refractivity contribution is 7.10. The molecule has 0 fully saturated rings. The zero-order valence-corrected chi connectivity index (χ0v) is 8.42. The van der Waals surface area contributed by atoms with E-state index < -0.39 is 0 Å². The van der Waals surface area contributed by atoms with Crippen LogP contribution in [0.5, 0.6) is 0 Å². The lowest BCUT2D eigenvalue weighted by molar-refractivity contribution is 1.10. The first-order valence-corrected chi connectivity index (χ1v) is 5.17. The van der Waals surface area contributed by atoms with E-state index in [0.29, 0.717) is 6.54 Å². The smallest absolute Gasteiger partial charge is 0.0856 e. The highest BCUT2D eigenvalue weighted by Gasteiger charge is 2.06. The van der Waals surface area contributed by atoms with Gasteiger partial charge in [0.05, 0.1) is 11.2 Å². The first kappa shape index (κ1) is 9.18. The number of anilines is 1. The quantitative estimate of drug-likeness (QED) is 0.735. The first-order valence-electron chi connectivity index (χ1n) is 4.29. The molecule has 0 spiro atoms. The molecule has 0 unspecified atom stereocenters. The van der Waals surface area contributed by atoms with Crippen molar-refractivity contribution < 1.29 is 0 Å². The van der Waals surface area contributed by atoms with Gasteiger partial charge in [0.15, 0.2) is 0 Å². The summed E-state index contributed by atoms with van der Waals surface area (Å²) in [5.74, 6) is 0. The second kappa shape index (κ2) is 3.77. The van der Waals surface area contributed by atoms with E-state index in [0.717, 1.165) is 21.8 Å². The van der Waals surface area contributed by atoms with Crippen LogP contribution in [0.2, 0.25) is 0 Å². The maximum atomic E-state index is 5.61. The standard InChI is InChI=1S/C10H11N3S/c11-5-9-10(13-6-14-9)7-1-3-8(12)4-2-7/h1-4,6H,5,11-12H2. The molecule has 4 heteroatoms. The maximum absolute atomic E-state index is 5.61.